The van der Waals surface area contributed by atoms with Crippen LogP contribution >= 0.6 is 11.6 Å². The first kappa shape index (κ1) is 17.2. The average molecular weight is 363 g/mol. The monoisotopic (exact) mass is 362 g/mol. The van der Waals surface area contributed by atoms with Gasteiger partial charge in [-0.1, -0.05) is 30.3 Å². The Morgan fingerprint density at radius 1 is 1.20 bits per heavy atom. The van der Waals surface area contributed by atoms with Crippen LogP contribution < -0.4 is 0 Å². The van der Waals surface area contributed by atoms with Crippen molar-refractivity contribution in [3.05, 3.63) is 47.5 Å². The van der Waals surface area contributed by atoms with Gasteiger partial charge in [-0.25, -0.2) is 4.79 Å². The van der Waals surface area contributed by atoms with Crippen LogP contribution in [0.2, 0.25) is 0 Å². The van der Waals surface area contributed by atoms with Crippen molar-refractivity contribution in [2.24, 2.45) is 0 Å². The highest BCUT2D eigenvalue weighted by molar-refractivity contribution is 6.30. The third-order valence-electron chi connectivity index (χ3n) is 4.31. The number of ether oxygens (including phenoxy) is 1. The topological polar surface area (TPSA) is 84.0 Å². The molecule has 3 atom stereocenters. The molecule has 3 amide bonds. The average Bonchev–Trinajstić information content (AvgIpc) is 2.84. The van der Waals surface area contributed by atoms with Crippen LogP contribution in [-0.2, 0) is 14.3 Å². The summed E-state index contributed by atoms with van der Waals surface area (Å²) < 4.78 is 4.68. The Morgan fingerprint density at radius 2 is 1.72 bits per heavy atom. The first-order chi connectivity index (χ1) is 11.8. The van der Waals surface area contributed by atoms with Gasteiger partial charge in [0.15, 0.2) is 12.1 Å². The number of imide groups is 1. The molecule has 2 aliphatic heterocycles. The highest BCUT2D eigenvalue weighted by atomic mass is 35.5. The Morgan fingerprint density at radius 3 is 2.12 bits per heavy atom. The maximum Gasteiger partial charge on any atom is 0.332 e. The number of benzene rings is 1. The van der Waals surface area contributed by atoms with Crippen molar-refractivity contribution >= 4 is 35.3 Å². The quantitative estimate of drug-likeness (QED) is 0.200. The Bertz CT molecular complexity index is 786. The van der Waals surface area contributed by atoms with Gasteiger partial charge < -0.3 is 9.64 Å². The molecule has 2 heterocycles. The number of likely N-dealkylation sites (tertiary alicyclic amines) is 1. The number of alkyl halides is 1. The van der Waals surface area contributed by atoms with E-state index < -0.39 is 41.3 Å². The molecule has 0 aromatic heterocycles. The van der Waals surface area contributed by atoms with Gasteiger partial charge in [-0.3, -0.25) is 19.3 Å². The molecule has 8 heteroatoms. The van der Waals surface area contributed by atoms with E-state index in [4.69, 9.17) is 11.6 Å². The summed E-state index contributed by atoms with van der Waals surface area (Å²) in [7, 11) is 1.19. The number of esters is 1. The molecule has 2 aliphatic rings. The number of carbonyl (C=O) groups excluding carboxylic acids is 4. The van der Waals surface area contributed by atoms with Crippen molar-refractivity contribution in [2.45, 2.75) is 24.5 Å². The van der Waals surface area contributed by atoms with Gasteiger partial charge in [-0.2, -0.15) is 0 Å². The summed E-state index contributed by atoms with van der Waals surface area (Å²) in [6.45, 7) is 5.24. The zero-order valence-corrected chi connectivity index (χ0v) is 14.3. The van der Waals surface area contributed by atoms with Gasteiger partial charge in [-0.05, 0) is 24.6 Å². The summed E-state index contributed by atoms with van der Waals surface area (Å²) in [5.74, 6) is -2.44. The number of carbonyl (C=O) groups is 4. The first-order valence-electron chi connectivity index (χ1n) is 7.47. The molecule has 0 N–H and O–H groups in total. The zero-order valence-electron chi connectivity index (χ0n) is 13.6. The fourth-order valence-corrected chi connectivity index (χ4v) is 3.52. The fourth-order valence-electron chi connectivity index (χ4n) is 3.09. The number of hydrogen-bond donors (Lipinski definition) is 0. The van der Waals surface area contributed by atoms with Crippen LogP contribution in [0, 0.1) is 0 Å². The Hall–Kier alpha value is -2.67. The summed E-state index contributed by atoms with van der Waals surface area (Å²) in [5.41, 5.74) is -0.221. The molecule has 0 spiro atoms. The predicted molar refractivity (Wildman–Crippen MR) is 87.8 cm³/mol. The number of rotatable bonds is 4. The molecule has 3 rings (SSSR count). The van der Waals surface area contributed by atoms with Gasteiger partial charge in [0.25, 0.3) is 17.7 Å². The lowest BCUT2D eigenvalue weighted by Gasteiger charge is -2.49. The van der Waals surface area contributed by atoms with Crippen molar-refractivity contribution in [3.63, 3.8) is 0 Å². The number of nitrogens with zero attached hydrogens (tertiary/aromatic N) is 2. The fraction of sp³-hybridized carbons (Fsp3) is 0.294. The van der Waals surface area contributed by atoms with Crippen molar-refractivity contribution in [3.8, 4) is 0 Å². The molecule has 0 aliphatic carbocycles. The second-order valence-corrected chi connectivity index (χ2v) is 6.31. The van der Waals surface area contributed by atoms with Crippen LogP contribution in [-0.4, -0.2) is 58.2 Å². The minimum atomic E-state index is -1.17. The number of amides is 3. The van der Waals surface area contributed by atoms with Crippen LogP contribution in [0.1, 0.15) is 27.6 Å². The molecular weight excluding hydrogens is 348 g/mol. The van der Waals surface area contributed by atoms with Crippen LogP contribution in [0.25, 0.3) is 0 Å². The van der Waals surface area contributed by atoms with Gasteiger partial charge in [0.1, 0.15) is 5.50 Å². The molecular formula is C17H15ClN2O5. The van der Waals surface area contributed by atoms with E-state index in [9.17, 15) is 19.2 Å². The van der Waals surface area contributed by atoms with Crippen molar-refractivity contribution in [2.75, 3.05) is 7.11 Å². The second-order valence-electron chi connectivity index (χ2n) is 5.86. The minimum Gasteiger partial charge on any atom is -0.467 e. The van der Waals surface area contributed by atoms with E-state index in [-0.39, 0.29) is 11.1 Å². The van der Waals surface area contributed by atoms with Crippen LogP contribution in [0.5, 0.6) is 0 Å². The summed E-state index contributed by atoms with van der Waals surface area (Å²) in [4.78, 5) is 51.5. The normalized spacial score (nSPS) is 23.2. The molecule has 1 fully saturated rings. The number of fused-ring (bicyclic) bond motifs is 1. The minimum absolute atomic E-state index is 0.229. The van der Waals surface area contributed by atoms with E-state index in [1.54, 1.807) is 19.1 Å². The Labute approximate surface area is 148 Å². The maximum atomic E-state index is 12.6. The summed E-state index contributed by atoms with van der Waals surface area (Å²) in [6.07, 6.45) is 0. The number of halogens is 1. The summed E-state index contributed by atoms with van der Waals surface area (Å²) in [6, 6.07) is 4.08. The van der Waals surface area contributed by atoms with E-state index in [0.717, 1.165) is 9.80 Å². The van der Waals surface area contributed by atoms with Crippen molar-refractivity contribution in [1.29, 1.82) is 0 Å². The van der Waals surface area contributed by atoms with Crippen LogP contribution in [0.4, 0.5) is 0 Å². The van der Waals surface area contributed by atoms with Gasteiger partial charge in [0.2, 0.25) is 0 Å². The second kappa shape index (κ2) is 6.00. The predicted octanol–water partition coefficient (Wildman–Crippen LogP) is 1.18. The third kappa shape index (κ3) is 2.34. The maximum absolute atomic E-state index is 12.6. The zero-order chi connectivity index (χ0) is 18.5. The lowest BCUT2D eigenvalue weighted by molar-refractivity contribution is -0.163. The van der Waals surface area contributed by atoms with E-state index in [2.05, 4.69) is 11.3 Å². The molecule has 130 valence electrons. The molecule has 7 nitrogen and oxygen atoms in total. The highest BCUT2D eigenvalue weighted by Gasteiger charge is 2.58. The number of hydrogen-bond acceptors (Lipinski definition) is 5. The molecule has 1 saturated heterocycles. The smallest absolute Gasteiger partial charge is 0.332 e. The standard InChI is InChI=1S/C17H15ClN2O5/c1-8(2)11(17(24)25-3)19-13(18)12(16(19)23)20-14(21)9-6-4-5-7-10(9)15(20)22/h4-7,11-13H,1H2,2-3H3/t11?,12-,13+/m1/s1. The largest absolute Gasteiger partial charge is 0.467 e. The third-order valence-corrected chi connectivity index (χ3v) is 4.76. The van der Waals surface area contributed by atoms with Gasteiger partial charge in [0.05, 0.1) is 18.2 Å². The SMILES string of the molecule is C=C(C)C(C(=O)OC)N1C(=O)[C@H](N2C(=O)c3ccccc3C2=O)[C@H]1Cl. The van der Waals surface area contributed by atoms with E-state index >= 15 is 0 Å². The van der Waals surface area contributed by atoms with Crippen LogP contribution in [0.3, 0.4) is 0 Å². The van der Waals surface area contributed by atoms with Gasteiger partial charge >= 0.3 is 5.97 Å². The Balaban J connectivity index is 1.89. The van der Waals surface area contributed by atoms with Gasteiger partial charge in [-0.15, -0.1) is 0 Å². The van der Waals surface area contributed by atoms with Crippen molar-refractivity contribution in [1.82, 2.24) is 9.80 Å². The lowest BCUT2D eigenvalue weighted by atomic mass is 9.98. The Kier molecular flexibility index (Phi) is 4.12. The summed E-state index contributed by atoms with van der Waals surface area (Å²) in [5, 5.41) is 0. The van der Waals surface area contributed by atoms with Gasteiger partial charge in [0, 0.05) is 0 Å². The highest BCUT2D eigenvalue weighted by Crippen LogP contribution is 2.36. The molecule has 1 aromatic carbocycles. The molecule has 1 unspecified atom stereocenters. The lowest BCUT2D eigenvalue weighted by Crippen LogP contribution is -2.73. The molecule has 0 bridgehead atoms. The van der Waals surface area contributed by atoms with E-state index in [1.165, 1.54) is 19.2 Å². The molecule has 1 aromatic rings. The first-order valence-corrected chi connectivity index (χ1v) is 7.91. The number of methoxy groups -OCH3 is 1. The molecule has 25 heavy (non-hydrogen) atoms. The number of β-lactam (4-membered cyclic amide) rings is 1. The van der Waals surface area contributed by atoms with E-state index in [0.29, 0.717) is 5.57 Å². The van der Waals surface area contributed by atoms with Crippen LogP contribution in [0.15, 0.2) is 36.4 Å². The van der Waals surface area contributed by atoms with Crippen molar-refractivity contribution < 1.29 is 23.9 Å². The molecule has 0 saturated carbocycles. The van der Waals surface area contributed by atoms with E-state index in [1.807, 2.05) is 0 Å². The summed E-state index contributed by atoms with van der Waals surface area (Å²) >= 11 is 6.28. The molecule has 0 radical (unpaired) electrons.